The first kappa shape index (κ1) is 12.8. The Kier molecular flexibility index (Phi) is 5.05. The van der Waals surface area contributed by atoms with Crippen molar-refractivity contribution in [1.82, 2.24) is 14.8 Å². The van der Waals surface area contributed by atoms with E-state index in [1.54, 1.807) is 17.2 Å². The Labute approximate surface area is 97.2 Å². The summed E-state index contributed by atoms with van der Waals surface area (Å²) < 4.78 is 0. The van der Waals surface area contributed by atoms with Gasteiger partial charge >= 0.3 is 0 Å². The molecule has 1 rings (SSSR count). The molecule has 0 bridgehead atoms. The van der Waals surface area contributed by atoms with Crippen LogP contribution in [0.2, 0.25) is 0 Å². The van der Waals surface area contributed by atoms with Crippen LogP contribution in [-0.4, -0.2) is 53.9 Å². The molecule has 90 valence electrons. The lowest BCUT2D eigenvalue weighted by Crippen LogP contribution is -2.36. The summed E-state index contributed by atoms with van der Waals surface area (Å²) in [4.78, 5) is 18.9. The van der Waals surface area contributed by atoms with Crippen LogP contribution in [0.15, 0.2) is 18.3 Å². The highest BCUT2D eigenvalue weighted by atomic mass is 16.2. The number of hydrogen-bond donors (Lipinski definition) is 1. The van der Waals surface area contributed by atoms with E-state index in [2.05, 4.69) is 23.7 Å². The summed E-state index contributed by atoms with van der Waals surface area (Å²) in [5.41, 5.74) is 0.655. The van der Waals surface area contributed by atoms with Gasteiger partial charge in [-0.3, -0.25) is 4.79 Å². The van der Waals surface area contributed by atoms with Crippen molar-refractivity contribution in [3.63, 3.8) is 0 Å². The molecular weight excluding hydrogens is 202 g/mol. The highest BCUT2D eigenvalue weighted by Gasteiger charge is 2.12. The molecule has 4 nitrogen and oxygen atoms in total. The van der Waals surface area contributed by atoms with Crippen LogP contribution in [0, 0.1) is 0 Å². The van der Waals surface area contributed by atoms with Gasteiger partial charge in [-0.05, 0) is 25.2 Å². The zero-order chi connectivity index (χ0) is 12.0. The van der Waals surface area contributed by atoms with E-state index in [0.29, 0.717) is 5.69 Å². The number of nitrogens with zero attached hydrogens (tertiary/aromatic N) is 2. The minimum atomic E-state index is 0.0529. The van der Waals surface area contributed by atoms with Crippen LogP contribution in [-0.2, 0) is 0 Å². The highest BCUT2D eigenvalue weighted by molar-refractivity contribution is 5.92. The standard InChI is InChI=1S/C12H21N3O/c1-4-15(5-2)10-9-14(3)12(16)11-7-6-8-13-11/h6-8,13H,4-5,9-10H2,1-3H3. The fourth-order valence-electron chi connectivity index (χ4n) is 1.60. The van der Waals surface area contributed by atoms with Crippen LogP contribution >= 0.6 is 0 Å². The topological polar surface area (TPSA) is 39.3 Å². The van der Waals surface area contributed by atoms with Crippen molar-refractivity contribution in [3.05, 3.63) is 24.0 Å². The van der Waals surface area contributed by atoms with E-state index in [-0.39, 0.29) is 5.91 Å². The summed E-state index contributed by atoms with van der Waals surface area (Å²) in [6.07, 6.45) is 1.77. The molecule has 0 aromatic carbocycles. The molecule has 0 spiro atoms. The molecule has 1 aromatic heterocycles. The molecular formula is C12H21N3O. The fourth-order valence-corrected chi connectivity index (χ4v) is 1.60. The molecule has 0 unspecified atom stereocenters. The maximum absolute atomic E-state index is 11.9. The Morgan fingerprint density at radius 1 is 1.31 bits per heavy atom. The van der Waals surface area contributed by atoms with E-state index in [4.69, 9.17) is 0 Å². The van der Waals surface area contributed by atoms with E-state index in [9.17, 15) is 4.79 Å². The van der Waals surface area contributed by atoms with Crippen molar-refractivity contribution in [2.24, 2.45) is 0 Å². The highest BCUT2D eigenvalue weighted by Crippen LogP contribution is 2.00. The third kappa shape index (κ3) is 3.38. The van der Waals surface area contributed by atoms with Crippen molar-refractivity contribution in [2.45, 2.75) is 13.8 Å². The van der Waals surface area contributed by atoms with Crippen molar-refractivity contribution < 1.29 is 4.79 Å². The first-order chi connectivity index (χ1) is 7.69. The monoisotopic (exact) mass is 223 g/mol. The molecule has 1 N–H and O–H groups in total. The number of aromatic amines is 1. The Hall–Kier alpha value is -1.29. The van der Waals surface area contributed by atoms with E-state index >= 15 is 0 Å². The maximum Gasteiger partial charge on any atom is 0.270 e. The van der Waals surface area contributed by atoms with Crippen LogP contribution < -0.4 is 0 Å². The quantitative estimate of drug-likeness (QED) is 0.792. The number of likely N-dealkylation sites (N-methyl/N-ethyl adjacent to an activating group) is 2. The second-order valence-electron chi connectivity index (χ2n) is 3.84. The van der Waals surface area contributed by atoms with Crippen molar-refractivity contribution in [2.75, 3.05) is 33.2 Å². The van der Waals surface area contributed by atoms with Gasteiger partial charge < -0.3 is 14.8 Å². The average Bonchev–Trinajstić information content (AvgIpc) is 2.82. The molecule has 0 aliphatic heterocycles. The number of carbonyl (C=O) groups is 1. The lowest BCUT2D eigenvalue weighted by molar-refractivity contribution is 0.0774. The predicted octanol–water partition coefficient (Wildman–Crippen LogP) is 1.43. The molecule has 1 aromatic rings. The summed E-state index contributed by atoms with van der Waals surface area (Å²) in [6, 6.07) is 3.64. The minimum absolute atomic E-state index is 0.0529. The SMILES string of the molecule is CCN(CC)CCN(C)C(=O)c1ccc[nH]1. The Morgan fingerprint density at radius 3 is 2.50 bits per heavy atom. The van der Waals surface area contributed by atoms with Crippen molar-refractivity contribution in [3.8, 4) is 0 Å². The third-order valence-electron chi connectivity index (χ3n) is 2.82. The van der Waals surface area contributed by atoms with Crippen LogP contribution in [0.5, 0.6) is 0 Å². The van der Waals surface area contributed by atoms with Gasteiger partial charge in [-0.1, -0.05) is 13.8 Å². The largest absolute Gasteiger partial charge is 0.357 e. The summed E-state index contributed by atoms with van der Waals surface area (Å²) in [5, 5.41) is 0. The van der Waals surface area contributed by atoms with Crippen molar-refractivity contribution in [1.29, 1.82) is 0 Å². The molecule has 0 aliphatic carbocycles. The second-order valence-corrected chi connectivity index (χ2v) is 3.84. The molecule has 4 heteroatoms. The molecule has 0 saturated carbocycles. The van der Waals surface area contributed by atoms with Crippen molar-refractivity contribution >= 4 is 5.91 Å². The fraction of sp³-hybridized carbons (Fsp3) is 0.583. The van der Waals surface area contributed by atoms with Gasteiger partial charge in [0.25, 0.3) is 5.91 Å². The number of nitrogens with one attached hydrogen (secondary N) is 1. The number of hydrogen-bond acceptors (Lipinski definition) is 2. The average molecular weight is 223 g/mol. The van der Waals surface area contributed by atoms with Gasteiger partial charge in [0.15, 0.2) is 0 Å². The van der Waals surface area contributed by atoms with Crippen LogP contribution in [0.3, 0.4) is 0 Å². The first-order valence-corrected chi connectivity index (χ1v) is 5.80. The summed E-state index contributed by atoms with van der Waals surface area (Å²) in [6.45, 7) is 8.02. The molecule has 0 radical (unpaired) electrons. The zero-order valence-electron chi connectivity index (χ0n) is 10.4. The second kappa shape index (κ2) is 6.33. The number of rotatable bonds is 6. The summed E-state index contributed by atoms with van der Waals surface area (Å²) >= 11 is 0. The molecule has 0 aliphatic rings. The van der Waals surface area contributed by atoms with Gasteiger partial charge in [0.1, 0.15) is 5.69 Å². The molecule has 1 amide bonds. The molecule has 1 heterocycles. The minimum Gasteiger partial charge on any atom is -0.357 e. The number of amides is 1. The van der Waals surface area contributed by atoms with E-state index in [0.717, 1.165) is 26.2 Å². The maximum atomic E-state index is 11.9. The van der Waals surface area contributed by atoms with Gasteiger partial charge in [0.05, 0.1) is 0 Å². The van der Waals surface area contributed by atoms with Gasteiger partial charge in [0, 0.05) is 26.3 Å². The summed E-state index contributed by atoms with van der Waals surface area (Å²) in [5.74, 6) is 0.0529. The van der Waals surface area contributed by atoms with E-state index < -0.39 is 0 Å². The smallest absolute Gasteiger partial charge is 0.270 e. The Bertz CT molecular complexity index is 304. The predicted molar refractivity (Wildman–Crippen MR) is 65.5 cm³/mol. The molecule has 0 saturated heterocycles. The number of aromatic nitrogens is 1. The molecule has 0 atom stereocenters. The van der Waals surface area contributed by atoms with E-state index in [1.165, 1.54) is 0 Å². The van der Waals surface area contributed by atoms with Gasteiger partial charge in [-0.2, -0.15) is 0 Å². The molecule has 16 heavy (non-hydrogen) atoms. The van der Waals surface area contributed by atoms with Crippen LogP contribution in [0.4, 0.5) is 0 Å². The number of H-pyrrole nitrogens is 1. The van der Waals surface area contributed by atoms with Gasteiger partial charge in [-0.25, -0.2) is 0 Å². The normalized spacial score (nSPS) is 10.8. The van der Waals surface area contributed by atoms with Gasteiger partial charge in [0.2, 0.25) is 0 Å². The van der Waals surface area contributed by atoms with E-state index in [1.807, 2.05) is 13.1 Å². The van der Waals surface area contributed by atoms with Gasteiger partial charge in [-0.15, -0.1) is 0 Å². The first-order valence-electron chi connectivity index (χ1n) is 5.80. The lowest BCUT2D eigenvalue weighted by atomic mass is 10.3. The number of carbonyl (C=O) groups excluding carboxylic acids is 1. The third-order valence-corrected chi connectivity index (χ3v) is 2.82. The Morgan fingerprint density at radius 2 is 2.00 bits per heavy atom. The molecule has 0 fully saturated rings. The van der Waals surface area contributed by atoms with Crippen LogP contribution in [0.25, 0.3) is 0 Å². The lowest BCUT2D eigenvalue weighted by Gasteiger charge is -2.22. The Balaban J connectivity index is 2.40. The van der Waals surface area contributed by atoms with Crippen LogP contribution in [0.1, 0.15) is 24.3 Å². The zero-order valence-corrected chi connectivity index (χ0v) is 10.4. The summed E-state index contributed by atoms with van der Waals surface area (Å²) in [7, 11) is 1.84.